The van der Waals surface area contributed by atoms with Gasteiger partial charge in [0.25, 0.3) is 5.91 Å². The van der Waals surface area contributed by atoms with Crippen molar-refractivity contribution in [3.05, 3.63) is 72.7 Å². The molecule has 0 bridgehead atoms. The first kappa shape index (κ1) is 18.4. The Morgan fingerprint density at radius 1 is 1.00 bits per heavy atom. The number of amides is 1. The fourth-order valence-corrected chi connectivity index (χ4v) is 2.39. The van der Waals surface area contributed by atoms with Crippen LogP contribution in [0.3, 0.4) is 0 Å². The number of benzene rings is 2. The zero-order valence-corrected chi connectivity index (χ0v) is 15.2. The van der Waals surface area contributed by atoms with E-state index in [4.69, 9.17) is 4.74 Å². The smallest absolute Gasteiger partial charge is 0.275 e. The first-order chi connectivity index (χ1) is 13.3. The average Bonchev–Trinajstić information content (AvgIpc) is 2.71. The summed E-state index contributed by atoms with van der Waals surface area (Å²) in [5.74, 6) is 1.57. The number of aromatic nitrogens is 2. The Morgan fingerprint density at radius 3 is 2.52 bits per heavy atom. The van der Waals surface area contributed by atoms with Crippen LogP contribution in [-0.2, 0) is 0 Å². The van der Waals surface area contributed by atoms with Crippen molar-refractivity contribution in [1.29, 1.82) is 0 Å². The summed E-state index contributed by atoms with van der Waals surface area (Å²) < 4.78 is 5.86. The first-order valence-corrected chi connectivity index (χ1v) is 8.95. The molecule has 138 valence electrons. The molecular weight excluding hydrogens is 340 g/mol. The Labute approximate surface area is 158 Å². The average molecular weight is 362 g/mol. The third kappa shape index (κ3) is 5.28. The highest BCUT2D eigenvalue weighted by atomic mass is 16.5. The molecule has 1 heterocycles. The molecule has 0 aliphatic rings. The van der Waals surface area contributed by atoms with Gasteiger partial charge in [0.1, 0.15) is 17.3 Å². The first-order valence-electron chi connectivity index (χ1n) is 8.95. The minimum absolute atomic E-state index is 0.241. The Morgan fingerprint density at radius 2 is 1.78 bits per heavy atom. The van der Waals surface area contributed by atoms with Gasteiger partial charge in [-0.1, -0.05) is 43.7 Å². The van der Waals surface area contributed by atoms with Crippen LogP contribution in [0.25, 0.3) is 0 Å². The number of carbonyl (C=O) groups excluding carboxylic acids is 1. The van der Waals surface area contributed by atoms with Gasteiger partial charge >= 0.3 is 0 Å². The molecule has 0 atom stereocenters. The lowest BCUT2D eigenvalue weighted by Crippen LogP contribution is -2.15. The van der Waals surface area contributed by atoms with Crippen LogP contribution in [0.1, 0.15) is 30.3 Å². The summed E-state index contributed by atoms with van der Waals surface area (Å²) in [6.07, 6.45) is 5.19. The number of hydrogen-bond donors (Lipinski definition) is 2. The van der Waals surface area contributed by atoms with Crippen LogP contribution >= 0.6 is 0 Å². The number of anilines is 2. The van der Waals surface area contributed by atoms with Crippen LogP contribution in [0.4, 0.5) is 11.5 Å². The fraction of sp³-hybridized carbons (Fsp3) is 0.190. The molecule has 0 aliphatic heterocycles. The second kappa shape index (κ2) is 9.33. The van der Waals surface area contributed by atoms with Gasteiger partial charge in [-0.15, -0.1) is 0 Å². The summed E-state index contributed by atoms with van der Waals surface area (Å²) in [6, 6.07) is 16.7. The molecule has 0 fully saturated rings. The van der Waals surface area contributed by atoms with E-state index in [-0.39, 0.29) is 11.6 Å². The number of carbonyl (C=O) groups is 1. The van der Waals surface area contributed by atoms with Gasteiger partial charge in [0.2, 0.25) is 0 Å². The maximum absolute atomic E-state index is 12.5. The molecular formula is C21H22N4O2. The molecule has 3 rings (SSSR count). The van der Waals surface area contributed by atoms with E-state index >= 15 is 0 Å². The Hall–Kier alpha value is -3.41. The number of para-hydroxylation sites is 3. The van der Waals surface area contributed by atoms with Crippen LogP contribution in [0.5, 0.6) is 11.5 Å². The van der Waals surface area contributed by atoms with Crippen LogP contribution in [0.2, 0.25) is 0 Å². The minimum Gasteiger partial charge on any atom is -0.455 e. The number of nitrogens with one attached hydrogen (secondary N) is 2. The second-order valence-electron chi connectivity index (χ2n) is 5.93. The molecule has 1 aromatic heterocycles. The van der Waals surface area contributed by atoms with Crippen molar-refractivity contribution in [1.82, 2.24) is 9.97 Å². The van der Waals surface area contributed by atoms with Crippen molar-refractivity contribution < 1.29 is 9.53 Å². The van der Waals surface area contributed by atoms with E-state index < -0.39 is 0 Å². The number of ether oxygens (including phenoxy) is 1. The summed E-state index contributed by atoms with van der Waals surface area (Å²) in [6.45, 7) is 2.96. The van der Waals surface area contributed by atoms with Crippen molar-refractivity contribution in [2.75, 3.05) is 17.2 Å². The molecule has 0 spiro atoms. The Kier molecular flexibility index (Phi) is 6.35. The van der Waals surface area contributed by atoms with Crippen LogP contribution in [0, 0.1) is 0 Å². The lowest BCUT2D eigenvalue weighted by Gasteiger charge is -2.12. The summed E-state index contributed by atoms with van der Waals surface area (Å²) in [4.78, 5) is 20.9. The van der Waals surface area contributed by atoms with E-state index in [1.54, 1.807) is 18.3 Å². The van der Waals surface area contributed by atoms with Gasteiger partial charge in [-0.05, 0) is 30.7 Å². The number of nitrogens with zero attached hydrogens (tertiary/aromatic N) is 2. The van der Waals surface area contributed by atoms with Crippen LogP contribution in [-0.4, -0.2) is 22.4 Å². The number of rotatable bonds is 8. The van der Waals surface area contributed by atoms with Gasteiger partial charge in [-0.25, -0.2) is 9.97 Å². The highest BCUT2D eigenvalue weighted by Gasteiger charge is 2.12. The van der Waals surface area contributed by atoms with Gasteiger partial charge in [-0.3, -0.25) is 4.79 Å². The SMILES string of the molecule is CCCCNc1cnc(C(=O)Nc2ccccc2Oc2ccccc2)cn1. The van der Waals surface area contributed by atoms with Gasteiger partial charge in [0, 0.05) is 6.54 Å². The zero-order chi connectivity index (χ0) is 18.9. The molecule has 0 radical (unpaired) electrons. The van der Waals surface area contributed by atoms with E-state index in [2.05, 4.69) is 27.5 Å². The molecule has 0 saturated heterocycles. The van der Waals surface area contributed by atoms with Gasteiger partial charge < -0.3 is 15.4 Å². The second-order valence-corrected chi connectivity index (χ2v) is 5.93. The van der Waals surface area contributed by atoms with Crippen molar-refractivity contribution in [2.24, 2.45) is 0 Å². The third-order valence-corrected chi connectivity index (χ3v) is 3.83. The highest BCUT2D eigenvalue weighted by molar-refractivity contribution is 6.03. The molecule has 0 aliphatic carbocycles. The van der Waals surface area contributed by atoms with E-state index in [9.17, 15) is 4.79 Å². The molecule has 27 heavy (non-hydrogen) atoms. The Balaban J connectivity index is 1.67. The summed E-state index contributed by atoms with van der Waals surface area (Å²) in [5, 5.41) is 6.00. The Bertz CT molecular complexity index is 867. The molecule has 3 aromatic rings. The summed E-state index contributed by atoms with van der Waals surface area (Å²) >= 11 is 0. The molecule has 6 nitrogen and oxygen atoms in total. The molecule has 0 saturated carbocycles. The van der Waals surface area contributed by atoms with Crippen LogP contribution in [0.15, 0.2) is 67.0 Å². The molecule has 2 N–H and O–H groups in total. The monoisotopic (exact) mass is 362 g/mol. The topological polar surface area (TPSA) is 76.1 Å². The largest absolute Gasteiger partial charge is 0.455 e. The van der Waals surface area contributed by atoms with Crippen molar-refractivity contribution >= 4 is 17.4 Å². The van der Waals surface area contributed by atoms with Gasteiger partial charge in [0.15, 0.2) is 5.75 Å². The quantitative estimate of drug-likeness (QED) is 0.566. The lowest BCUT2D eigenvalue weighted by atomic mass is 10.2. The van der Waals surface area contributed by atoms with Gasteiger partial charge in [0.05, 0.1) is 18.1 Å². The van der Waals surface area contributed by atoms with E-state index in [1.807, 2.05) is 42.5 Å². The van der Waals surface area contributed by atoms with Crippen LogP contribution < -0.4 is 15.4 Å². The normalized spacial score (nSPS) is 10.3. The van der Waals surface area contributed by atoms with E-state index in [0.717, 1.165) is 19.4 Å². The predicted octanol–water partition coefficient (Wildman–Crippen LogP) is 4.73. The standard InChI is InChI=1S/C21H22N4O2/c1-2-3-13-22-20-15-23-18(14-24-20)21(26)25-17-11-7-8-12-19(17)27-16-9-5-4-6-10-16/h4-12,14-15H,2-3,13H2,1H3,(H,22,24)(H,25,26). The van der Waals surface area contributed by atoms with Crippen molar-refractivity contribution in [3.63, 3.8) is 0 Å². The van der Waals surface area contributed by atoms with Crippen molar-refractivity contribution in [3.8, 4) is 11.5 Å². The summed E-state index contributed by atoms with van der Waals surface area (Å²) in [7, 11) is 0. The van der Waals surface area contributed by atoms with E-state index in [0.29, 0.717) is 23.0 Å². The third-order valence-electron chi connectivity index (χ3n) is 3.83. The zero-order valence-electron chi connectivity index (χ0n) is 15.2. The van der Waals surface area contributed by atoms with Crippen molar-refractivity contribution in [2.45, 2.75) is 19.8 Å². The maximum atomic E-state index is 12.5. The molecule has 2 aromatic carbocycles. The molecule has 0 unspecified atom stereocenters. The fourth-order valence-electron chi connectivity index (χ4n) is 2.39. The van der Waals surface area contributed by atoms with Gasteiger partial charge in [-0.2, -0.15) is 0 Å². The highest BCUT2D eigenvalue weighted by Crippen LogP contribution is 2.29. The predicted molar refractivity (Wildman–Crippen MR) is 106 cm³/mol. The summed E-state index contributed by atoms with van der Waals surface area (Å²) in [5.41, 5.74) is 0.809. The maximum Gasteiger partial charge on any atom is 0.275 e. The molecule has 1 amide bonds. The van der Waals surface area contributed by atoms with E-state index in [1.165, 1.54) is 6.20 Å². The minimum atomic E-state index is -0.341. The number of unbranched alkanes of at least 4 members (excludes halogenated alkanes) is 1. The number of hydrogen-bond acceptors (Lipinski definition) is 5. The molecule has 6 heteroatoms. The lowest BCUT2D eigenvalue weighted by molar-refractivity contribution is 0.102.